The quantitative estimate of drug-likeness (QED) is 0.892. The molecule has 0 saturated carbocycles. The summed E-state index contributed by atoms with van der Waals surface area (Å²) in [6.07, 6.45) is 0.871. The number of piperazine rings is 1. The molecule has 7 heteroatoms. The second-order valence-corrected chi connectivity index (χ2v) is 6.10. The highest BCUT2D eigenvalue weighted by molar-refractivity contribution is 5.74. The maximum absolute atomic E-state index is 14.3. The van der Waals surface area contributed by atoms with Crippen molar-refractivity contribution in [2.24, 2.45) is 0 Å². The van der Waals surface area contributed by atoms with Gasteiger partial charge >= 0.3 is 6.03 Å². The molecular weight excluding hydrogens is 325 g/mol. The molecule has 2 amide bonds. The Morgan fingerprint density at radius 3 is 2.68 bits per heavy atom. The highest BCUT2D eigenvalue weighted by atomic mass is 19.1. The number of halogens is 1. The number of nitrogens with zero attached hydrogens (tertiary/aromatic N) is 2. The van der Waals surface area contributed by atoms with Crippen LogP contribution in [0.2, 0.25) is 0 Å². The third kappa shape index (κ3) is 4.11. The van der Waals surface area contributed by atoms with Crippen molar-refractivity contribution in [2.45, 2.75) is 19.6 Å². The molecule has 0 bridgehead atoms. The van der Waals surface area contributed by atoms with Crippen LogP contribution in [0.4, 0.5) is 14.9 Å². The summed E-state index contributed by atoms with van der Waals surface area (Å²) in [5.41, 5.74) is 1.05. The van der Waals surface area contributed by atoms with Gasteiger partial charge in [0.05, 0.1) is 24.6 Å². The number of hydrogen-bond acceptors (Lipinski definition) is 4. The van der Waals surface area contributed by atoms with E-state index >= 15 is 0 Å². The van der Waals surface area contributed by atoms with E-state index in [1.54, 1.807) is 42.4 Å². The van der Waals surface area contributed by atoms with E-state index in [0.29, 0.717) is 49.7 Å². The molecule has 2 aromatic rings. The second-order valence-electron chi connectivity index (χ2n) is 6.10. The largest absolute Gasteiger partial charge is 0.467 e. The number of carbonyl (C=O) groups is 1. The van der Waals surface area contributed by atoms with E-state index in [1.165, 1.54) is 6.07 Å². The second kappa shape index (κ2) is 7.57. The molecule has 3 rings (SSSR count). The van der Waals surface area contributed by atoms with Crippen LogP contribution in [-0.2, 0) is 6.54 Å². The Balaban J connectivity index is 1.54. The molecule has 2 N–H and O–H groups in total. The van der Waals surface area contributed by atoms with E-state index in [1.807, 2.05) is 4.90 Å². The summed E-state index contributed by atoms with van der Waals surface area (Å²) in [6.45, 7) is 4.09. The van der Waals surface area contributed by atoms with Gasteiger partial charge in [-0.3, -0.25) is 0 Å². The van der Waals surface area contributed by atoms with E-state index in [2.05, 4.69) is 5.32 Å². The minimum absolute atomic E-state index is 0.152. The van der Waals surface area contributed by atoms with Crippen LogP contribution in [0.3, 0.4) is 0 Å². The summed E-state index contributed by atoms with van der Waals surface area (Å²) in [5.74, 6) is 0.348. The molecule has 1 aliphatic heterocycles. The Bertz CT molecular complexity index is 710. The summed E-state index contributed by atoms with van der Waals surface area (Å²) in [5, 5.41) is 12.3. The highest BCUT2D eigenvalue weighted by Gasteiger charge is 2.23. The Morgan fingerprint density at radius 1 is 1.32 bits per heavy atom. The van der Waals surface area contributed by atoms with Gasteiger partial charge in [-0.25, -0.2) is 9.18 Å². The fourth-order valence-electron chi connectivity index (χ4n) is 2.88. The van der Waals surface area contributed by atoms with Crippen LogP contribution in [0.15, 0.2) is 41.0 Å². The third-order valence-corrected chi connectivity index (χ3v) is 4.36. The average Bonchev–Trinajstić information content (AvgIpc) is 3.13. The summed E-state index contributed by atoms with van der Waals surface area (Å²) in [7, 11) is 0. The molecular formula is C18H22FN3O3. The van der Waals surface area contributed by atoms with Gasteiger partial charge in [-0.15, -0.1) is 0 Å². The molecule has 0 radical (unpaired) electrons. The number of aliphatic hydroxyl groups excluding tert-OH is 1. The Labute approximate surface area is 145 Å². The molecule has 1 unspecified atom stereocenters. The van der Waals surface area contributed by atoms with Gasteiger partial charge in [0.25, 0.3) is 0 Å². The molecule has 0 spiro atoms. The standard InChI is InChI=1S/C18H22FN3O3/c1-13(23)14-4-5-17(16(19)11-14)21-6-8-22(9-7-21)18(24)20-12-15-3-2-10-25-15/h2-5,10-11,13,23H,6-9,12H2,1H3,(H,20,24). The maximum atomic E-state index is 14.3. The van der Waals surface area contributed by atoms with Crippen molar-refractivity contribution in [1.29, 1.82) is 0 Å². The molecule has 1 aliphatic rings. The van der Waals surface area contributed by atoms with E-state index in [0.717, 1.165) is 0 Å². The van der Waals surface area contributed by atoms with Gasteiger partial charge in [0.2, 0.25) is 0 Å². The number of hydrogen-bond donors (Lipinski definition) is 2. The smallest absolute Gasteiger partial charge is 0.317 e. The van der Waals surface area contributed by atoms with Crippen molar-refractivity contribution in [3.05, 3.63) is 53.7 Å². The lowest BCUT2D eigenvalue weighted by Gasteiger charge is -2.36. The van der Waals surface area contributed by atoms with Crippen LogP contribution < -0.4 is 10.2 Å². The number of rotatable bonds is 4. The fraction of sp³-hybridized carbons (Fsp3) is 0.389. The van der Waals surface area contributed by atoms with Crippen LogP contribution in [0.5, 0.6) is 0 Å². The zero-order valence-electron chi connectivity index (χ0n) is 14.1. The normalized spacial score (nSPS) is 16.0. The van der Waals surface area contributed by atoms with Gasteiger partial charge in [0.1, 0.15) is 11.6 Å². The first kappa shape index (κ1) is 17.3. The number of nitrogens with one attached hydrogen (secondary N) is 1. The summed E-state index contributed by atoms with van der Waals surface area (Å²) < 4.78 is 19.5. The van der Waals surface area contributed by atoms with Gasteiger partial charge in [-0.1, -0.05) is 6.07 Å². The van der Waals surface area contributed by atoms with E-state index < -0.39 is 6.10 Å². The van der Waals surface area contributed by atoms with Gasteiger partial charge in [0.15, 0.2) is 0 Å². The Kier molecular flexibility index (Phi) is 5.23. The van der Waals surface area contributed by atoms with Gasteiger partial charge in [-0.2, -0.15) is 0 Å². The van der Waals surface area contributed by atoms with Crippen molar-refractivity contribution in [3.63, 3.8) is 0 Å². The molecule has 6 nitrogen and oxygen atoms in total. The fourth-order valence-corrected chi connectivity index (χ4v) is 2.88. The van der Waals surface area contributed by atoms with Crippen molar-refractivity contribution < 1.29 is 18.7 Å². The van der Waals surface area contributed by atoms with Crippen LogP contribution in [0.25, 0.3) is 0 Å². The van der Waals surface area contributed by atoms with Crippen molar-refractivity contribution >= 4 is 11.7 Å². The first-order chi connectivity index (χ1) is 12.0. The Morgan fingerprint density at radius 2 is 2.08 bits per heavy atom. The summed E-state index contributed by atoms with van der Waals surface area (Å²) in [4.78, 5) is 15.8. The molecule has 0 aliphatic carbocycles. The lowest BCUT2D eigenvalue weighted by molar-refractivity contribution is 0.192. The summed E-state index contributed by atoms with van der Waals surface area (Å²) >= 11 is 0. The molecule has 1 aromatic carbocycles. The first-order valence-electron chi connectivity index (χ1n) is 8.32. The predicted octanol–water partition coefficient (Wildman–Crippen LogP) is 2.50. The highest BCUT2D eigenvalue weighted by Crippen LogP contribution is 2.24. The first-order valence-corrected chi connectivity index (χ1v) is 8.32. The molecule has 1 saturated heterocycles. The molecule has 1 aromatic heterocycles. The van der Waals surface area contributed by atoms with Crippen molar-refractivity contribution in [1.82, 2.24) is 10.2 Å². The minimum atomic E-state index is -0.696. The van der Waals surface area contributed by atoms with Crippen LogP contribution in [0.1, 0.15) is 24.4 Å². The molecule has 1 atom stereocenters. The lowest BCUT2D eigenvalue weighted by atomic mass is 10.1. The monoisotopic (exact) mass is 347 g/mol. The van der Waals surface area contributed by atoms with Crippen LogP contribution in [-0.4, -0.2) is 42.2 Å². The number of benzene rings is 1. The van der Waals surface area contributed by atoms with Gasteiger partial charge in [-0.05, 0) is 36.8 Å². The molecule has 1 fully saturated rings. The number of urea groups is 1. The molecule has 134 valence electrons. The lowest BCUT2D eigenvalue weighted by Crippen LogP contribution is -2.51. The van der Waals surface area contributed by atoms with Crippen molar-refractivity contribution in [3.8, 4) is 0 Å². The number of amides is 2. The Hall–Kier alpha value is -2.54. The van der Waals surface area contributed by atoms with Gasteiger partial charge < -0.3 is 24.6 Å². The molecule has 2 heterocycles. The van der Waals surface area contributed by atoms with Crippen LogP contribution >= 0.6 is 0 Å². The zero-order valence-corrected chi connectivity index (χ0v) is 14.1. The average molecular weight is 347 g/mol. The topological polar surface area (TPSA) is 69.0 Å². The van der Waals surface area contributed by atoms with Crippen LogP contribution in [0, 0.1) is 5.82 Å². The predicted molar refractivity (Wildman–Crippen MR) is 91.8 cm³/mol. The number of furan rings is 1. The van der Waals surface area contributed by atoms with E-state index in [-0.39, 0.29) is 11.8 Å². The number of carbonyl (C=O) groups excluding carboxylic acids is 1. The van der Waals surface area contributed by atoms with E-state index in [9.17, 15) is 14.3 Å². The number of anilines is 1. The SMILES string of the molecule is CC(O)c1ccc(N2CCN(C(=O)NCc3ccco3)CC2)c(F)c1. The van der Waals surface area contributed by atoms with Crippen molar-refractivity contribution in [2.75, 3.05) is 31.1 Å². The summed E-state index contributed by atoms with van der Waals surface area (Å²) in [6, 6.07) is 8.20. The van der Waals surface area contributed by atoms with Gasteiger partial charge in [0, 0.05) is 26.2 Å². The minimum Gasteiger partial charge on any atom is -0.467 e. The molecule has 25 heavy (non-hydrogen) atoms. The third-order valence-electron chi connectivity index (χ3n) is 4.36. The number of aliphatic hydroxyl groups is 1. The maximum Gasteiger partial charge on any atom is 0.317 e. The van der Waals surface area contributed by atoms with E-state index in [4.69, 9.17) is 4.42 Å². The zero-order chi connectivity index (χ0) is 17.8.